The van der Waals surface area contributed by atoms with E-state index in [0.29, 0.717) is 16.1 Å². The summed E-state index contributed by atoms with van der Waals surface area (Å²) in [6, 6.07) is 14.5. The molecule has 0 aliphatic carbocycles. The molecule has 21 heavy (non-hydrogen) atoms. The third-order valence-electron chi connectivity index (χ3n) is 3.16. The minimum absolute atomic E-state index is 0.0402. The molecule has 3 rings (SSSR count). The first-order chi connectivity index (χ1) is 10.2. The molecule has 0 saturated heterocycles. The fourth-order valence-electron chi connectivity index (χ4n) is 2.29. The largest absolute Gasteiger partial charge is 0.322 e. The molecule has 1 heterocycles. The van der Waals surface area contributed by atoms with Gasteiger partial charge in [-0.25, -0.2) is 0 Å². The van der Waals surface area contributed by atoms with Gasteiger partial charge in [0.15, 0.2) is 0 Å². The number of hydrogen-bond acceptors (Lipinski definition) is 2. The minimum atomic E-state index is -0.429. The SMILES string of the molecule is [N-]=[N+]=Nc1c(-c2ccccc2)c2cc(Cl)ccc2[nH]c1=O. The first-order valence-electron chi connectivity index (χ1n) is 6.17. The average molecular weight is 297 g/mol. The van der Waals surface area contributed by atoms with Gasteiger partial charge in [0.05, 0.1) is 0 Å². The highest BCUT2D eigenvalue weighted by Crippen LogP contribution is 2.34. The first kappa shape index (κ1) is 13.2. The van der Waals surface area contributed by atoms with E-state index in [9.17, 15) is 4.79 Å². The van der Waals surface area contributed by atoms with Crippen LogP contribution in [-0.2, 0) is 0 Å². The lowest BCUT2D eigenvalue weighted by molar-refractivity contribution is 1.27. The lowest BCUT2D eigenvalue weighted by Crippen LogP contribution is -2.06. The number of H-pyrrole nitrogens is 1. The van der Waals surface area contributed by atoms with Crippen molar-refractivity contribution in [1.29, 1.82) is 0 Å². The molecule has 0 radical (unpaired) electrons. The Morgan fingerprint density at radius 1 is 1.14 bits per heavy atom. The number of fused-ring (bicyclic) bond motifs is 1. The number of aromatic amines is 1. The van der Waals surface area contributed by atoms with Crippen molar-refractivity contribution in [3.8, 4) is 11.1 Å². The zero-order valence-electron chi connectivity index (χ0n) is 10.7. The third kappa shape index (κ3) is 2.36. The van der Waals surface area contributed by atoms with Gasteiger partial charge >= 0.3 is 0 Å². The number of rotatable bonds is 2. The monoisotopic (exact) mass is 296 g/mol. The van der Waals surface area contributed by atoms with Gasteiger partial charge in [-0.05, 0) is 29.3 Å². The van der Waals surface area contributed by atoms with Crippen LogP contribution in [0.15, 0.2) is 58.4 Å². The molecule has 0 bridgehead atoms. The Labute approximate surface area is 124 Å². The maximum absolute atomic E-state index is 12.1. The predicted molar refractivity (Wildman–Crippen MR) is 83.8 cm³/mol. The van der Waals surface area contributed by atoms with E-state index in [1.807, 2.05) is 30.3 Å². The number of pyridine rings is 1. The van der Waals surface area contributed by atoms with Crippen LogP contribution in [0.4, 0.5) is 5.69 Å². The van der Waals surface area contributed by atoms with Crippen LogP contribution >= 0.6 is 11.6 Å². The van der Waals surface area contributed by atoms with Crippen LogP contribution in [0.25, 0.3) is 32.5 Å². The average Bonchev–Trinajstić information content (AvgIpc) is 2.50. The summed E-state index contributed by atoms with van der Waals surface area (Å²) in [6.07, 6.45) is 0. The minimum Gasteiger partial charge on any atom is -0.322 e. The Bertz CT molecular complexity index is 928. The molecule has 0 aliphatic rings. The van der Waals surface area contributed by atoms with E-state index in [1.165, 1.54) is 0 Å². The molecule has 102 valence electrons. The quantitative estimate of drug-likeness (QED) is 0.411. The van der Waals surface area contributed by atoms with Crippen molar-refractivity contribution in [2.75, 3.05) is 0 Å². The summed E-state index contributed by atoms with van der Waals surface area (Å²) in [5.74, 6) is 0. The van der Waals surface area contributed by atoms with E-state index in [1.54, 1.807) is 18.2 Å². The molecule has 0 aliphatic heterocycles. The van der Waals surface area contributed by atoms with Gasteiger partial charge in [0.2, 0.25) is 0 Å². The molecule has 0 atom stereocenters. The number of aromatic nitrogens is 1. The number of azide groups is 1. The summed E-state index contributed by atoms with van der Waals surface area (Å²) in [5, 5.41) is 4.83. The molecule has 5 nitrogen and oxygen atoms in total. The van der Waals surface area contributed by atoms with Crippen molar-refractivity contribution in [2.24, 2.45) is 5.11 Å². The van der Waals surface area contributed by atoms with Gasteiger partial charge in [0.25, 0.3) is 5.56 Å². The van der Waals surface area contributed by atoms with E-state index in [0.717, 1.165) is 10.9 Å². The Kier molecular flexibility index (Phi) is 3.36. The summed E-state index contributed by atoms with van der Waals surface area (Å²) in [5.41, 5.74) is 10.3. The van der Waals surface area contributed by atoms with Crippen LogP contribution in [0, 0.1) is 0 Å². The molecule has 3 aromatic rings. The van der Waals surface area contributed by atoms with Crippen molar-refractivity contribution >= 4 is 28.2 Å². The number of nitrogens with one attached hydrogen (secondary N) is 1. The number of halogens is 1. The summed E-state index contributed by atoms with van der Waals surface area (Å²) in [6.45, 7) is 0. The molecule has 1 aromatic heterocycles. The van der Waals surface area contributed by atoms with Gasteiger partial charge in [-0.15, -0.1) is 0 Å². The Hall–Kier alpha value is -2.75. The van der Waals surface area contributed by atoms with Crippen LogP contribution in [0.1, 0.15) is 0 Å². The zero-order valence-corrected chi connectivity index (χ0v) is 11.5. The van der Waals surface area contributed by atoms with Crippen LogP contribution < -0.4 is 5.56 Å². The molecule has 0 spiro atoms. The summed E-state index contributed by atoms with van der Waals surface area (Å²) in [7, 11) is 0. The van der Waals surface area contributed by atoms with Crippen molar-refractivity contribution in [3.05, 3.63) is 74.4 Å². The molecule has 1 N–H and O–H groups in total. The second-order valence-electron chi connectivity index (χ2n) is 4.42. The Balaban J connectivity index is 2.53. The maximum Gasteiger partial charge on any atom is 0.258 e. The van der Waals surface area contributed by atoms with Crippen LogP contribution in [-0.4, -0.2) is 4.98 Å². The molecule has 0 amide bonds. The van der Waals surface area contributed by atoms with E-state index in [4.69, 9.17) is 17.1 Å². The lowest BCUT2D eigenvalue weighted by atomic mass is 9.99. The second kappa shape index (κ2) is 5.32. The van der Waals surface area contributed by atoms with E-state index < -0.39 is 5.56 Å². The van der Waals surface area contributed by atoms with Gasteiger partial charge < -0.3 is 4.98 Å². The topological polar surface area (TPSA) is 81.6 Å². The molecule has 2 aromatic carbocycles. The highest BCUT2D eigenvalue weighted by atomic mass is 35.5. The van der Waals surface area contributed by atoms with Gasteiger partial charge in [-0.2, -0.15) is 0 Å². The van der Waals surface area contributed by atoms with Crippen molar-refractivity contribution < 1.29 is 0 Å². The van der Waals surface area contributed by atoms with Crippen LogP contribution in [0.5, 0.6) is 0 Å². The highest BCUT2D eigenvalue weighted by molar-refractivity contribution is 6.31. The van der Waals surface area contributed by atoms with Crippen molar-refractivity contribution in [2.45, 2.75) is 0 Å². The van der Waals surface area contributed by atoms with Crippen LogP contribution in [0.3, 0.4) is 0 Å². The van der Waals surface area contributed by atoms with Crippen LogP contribution in [0.2, 0.25) is 5.02 Å². The highest BCUT2D eigenvalue weighted by Gasteiger charge is 2.13. The van der Waals surface area contributed by atoms with E-state index in [2.05, 4.69) is 15.0 Å². The predicted octanol–water partition coefficient (Wildman–Crippen LogP) is 4.79. The van der Waals surface area contributed by atoms with E-state index >= 15 is 0 Å². The van der Waals surface area contributed by atoms with Gasteiger partial charge in [-0.1, -0.05) is 47.0 Å². The number of benzene rings is 2. The van der Waals surface area contributed by atoms with Gasteiger partial charge in [-0.3, -0.25) is 4.79 Å². The summed E-state index contributed by atoms with van der Waals surface area (Å²) in [4.78, 5) is 17.6. The third-order valence-corrected chi connectivity index (χ3v) is 3.39. The van der Waals surface area contributed by atoms with Gasteiger partial charge in [0, 0.05) is 26.4 Å². The molecule has 6 heteroatoms. The Morgan fingerprint density at radius 3 is 2.62 bits per heavy atom. The van der Waals surface area contributed by atoms with E-state index in [-0.39, 0.29) is 5.69 Å². The first-order valence-corrected chi connectivity index (χ1v) is 6.54. The van der Waals surface area contributed by atoms with Crippen molar-refractivity contribution in [3.63, 3.8) is 0 Å². The lowest BCUT2D eigenvalue weighted by Gasteiger charge is -2.10. The number of nitrogens with zero attached hydrogens (tertiary/aromatic N) is 3. The van der Waals surface area contributed by atoms with Gasteiger partial charge in [0.1, 0.15) is 5.69 Å². The maximum atomic E-state index is 12.1. The molecule has 0 fully saturated rings. The molecule has 0 saturated carbocycles. The van der Waals surface area contributed by atoms with Crippen molar-refractivity contribution in [1.82, 2.24) is 4.98 Å². The molecular formula is C15H9ClN4O. The standard InChI is InChI=1S/C15H9ClN4O/c16-10-6-7-12-11(8-10)13(9-4-2-1-3-5-9)14(19-20-17)15(21)18-12/h1-8H,(H,18,21). The Morgan fingerprint density at radius 2 is 1.90 bits per heavy atom. The number of hydrogen-bond donors (Lipinski definition) is 1. The fraction of sp³-hybridized carbons (Fsp3) is 0. The smallest absolute Gasteiger partial charge is 0.258 e. The summed E-state index contributed by atoms with van der Waals surface area (Å²) < 4.78 is 0. The molecule has 0 unspecified atom stereocenters. The molecular weight excluding hydrogens is 288 g/mol. The zero-order chi connectivity index (χ0) is 14.8. The second-order valence-corrected chi connectivity index (χ2v) is 4.86. The summed E-state index contributed by atoms with van der Waals surface area (Å²) >= 11 is 6.05. The fourth-order valence-corrected chi connectivity index (χ4v) is 2.46. The normalized spacial score (nSPS) is 10.3.